The number of hydrogen-bond donors (Lipinski definition) is 0. The summed E-state index contributed by atoms with van der Waals surface area (Å²) in [5, 5.41) is 0. The van der Waals surface area contributed by atoms with Gasteiger partial charge in [-0.1, -0.05) is 168 Å². The maximum Gasteiger partial charge on any atom is 0.0465 e. The van der Waals surface area contributed by atoms with Crippen molar-refractivity contribution in [2.24, 2.45) is 0 Å². The highest BCUT2D eigenvalue weighted by Gasteiger charge is 2.42. The van der Waals surface area contributed by atoms with E-state index in [0.717, 1.165) is 28.2 Å². The molecular formula is C54H45N. The number of hydrogen-bond acceptors (Lipinski definition) is 1. The molecule has 55 heavy (non-hydrogen) atoms. The zero-order chi connectivity index (χ0) is 37.9. The van der Waals surface area contributed by atoms with E-state index in [1.165, 1.54) is 66.8 Å². The van der Waals surface area contributed by atoms with E-state index in [2.05, 4.69) is 203 Å². The molecule has 0 saturated carbocycles. The standard InChI is InChI=1S/C54H45N/c1-7-16-36(8-2)37-23-25-38(26-24-37)39-27-29-42(30-28-39)55(41-19-13-10-14-20-41)43-31-32-45-46-34-51-47(35-50(46)54(5,6)49(45)33-43)52-44(40-17-11-9-12-18-40)21-15-22-48(52)53(51,3)4/h7-35H,1-2H2,3-6H3/b36-16+. The summed E-state index contributed by atoms with van der Waals surface area (Å²) in [6.45, 7) is 17.4. The Morgan fingerprint density at radius 2 is 1.02 bits per heavy atom. The van der Waals surface area contributed by atoms with E-state index in [-0.39, 0.29) is 10.8 Å². The molecule has 0 fully saturated rings. The molecule has 0 N–H and O–H groups in total. The second-order valence-corrected chi connectivity index (χ2v) is 15.9. The average molecular weight is 708 g/mol. The van der Waals surface area contributed by atoms with E-state index in [9.17, 15) is 0 Å². The Morgan fingerprint density at radius 1 is 0.455 bits per heavy atom. The fourth-order valence-electron chi connectivity index (χ4n) is 9.09. The molecule has 0 unspecified atom stereocenters. The van der Waals surface area contributed by atoms with E-state index in [1.807, 2.05) is 12.2 Å². The quantitative estimate of drug-likeness (QED) is 0.142. The van der Waals surface area contributed by atoms with Gasteiger partial charge in [0.25, 0.3) is 0 Å². The summed E-state index contributed by atoms with van der Waals surface area (Å²) in [6, 6.07) is 58.2. The van der Waals surface area contributed by atoms with E-state index in [1.54, 1.807) is 6.08 Å². The summed E-state index contributed by atoms with van der Waals surface area (Å²) in [6.07, 6.45) is 5.66. The first-order chi connectivity index (χ1) is 26.7. The highest BCUT2D eigenvalue weighted by atomic mass is 15.1. The Labute approximate surface area is 326 Å². The molecule has 0 saturated heterocycles. The van der Waals surface area contributed by atoms with Crippen LogP contribution in [-0.2, 0) is 10.8 Å². The lowest BCUT2D eigenvalue weighted by molar-refractivity contribution is 0.652. The van der Waals surface area contributed by atoms with Gasteiger partial charge in [0.15, 0.2) is 0 Å². The molecule has 266 valence electrons. The molecule has 0 aliphatic heterocycles. The molecule has 9 rings (SSSR count). The minimum absolute atomic E-state index is 0.104. The monoisotopic (exact) mass is 707 g/mol. The molecule has 0 bridgehead atoms. The van der Waals surface area contributed by atoms with Gasteiger partial charge in [0.05, 0.1) is 0 Å². The lowest BCUT2D eigenvalue weighted by Crippen LogP contribution is -2.17. The third-order valence-corrected chi connectivity index (χ3v) is 12.0. The Balaban J connectivity index is 1.11. The van der Waals surface area contributed by atoms with Gasteiger partial charge in [0.2, 0.25) is 0 Å². The van der Waals surface area contributed by atoms with Crippen LogP contribution in [0.5, 0.6) is 0 Å². The van der Waals surface area contributed by atoms with Crippen molar-refractivity contribution in [2.45, 2.75) is 38.5 Å². The Morgan fingerprint density at radius 3 is 1.69 bits per heavy atom. The van der Waals surface area contributed by atoms with Gasteiger partial charge in [0, 0.05) is 27.9 Å². The molecular weight excluding hydrogens is 663 g/mol. The fraction of sp³-hybridized carbons (Fsp3) is 0.111. The molecule has 0 radical (unpaired) electrons. The van der Waals surface area contributed by atoms with Crippen molar-refractivity contribution in [2.75, 3.05) is 4.90 Å². The molecule has 0 heterocycles. The van der Waals surface area contributed by atoms with Crippen LogP contribution >= 0.6 is 0 Å². The van der Waals surface area contributed by atoms with E-state index in [4.69, 9.17) is 0 Å². The molecule has 0 amide bonds. The van der Waals surface area contributed by atoms with Crippen molar-refractivity contribution < 1.29 is 0 Å². The number of nitrogens with zero attached hydrogens (tertiary/aromatic N) is 1. The smallest absolute Gasteiger partial charge is 0.0465 e. The molecule has 7 aromatic rings. The fourth-order valence-corrected chi connectivity index (χ4v) is 9.09. The molecule has 0 spiro atoms. The van der Waals surface area contributed by atoms with Crippen molar-refractivity contribution in [1.82, 2.24) is 0 Å². The average Bonchev–Trinajstić information content (AvgIpc) is 3.59. The zero-order valence-corrected chi connectivity index (χ0v) is 32.1. The second-order valence-electron chi connectivity index (χ2n) is 15.9. The van der Waals surface area contributed by atoms with Gasteiger partial charge in [-0.05, 0) is 126 Å². The van der Waals surface area contributed by atoms with Crippen molar-refractivity contribution >= 4 is 22.6 Å². The van der Waals surface area contributed by atoms with Crippen LogP contribution in [0.4, 0.5) is 17.1 Å². The SMILES string of the molecule is C=C/C=C(\C=C)c1ccc(-c2ccc(N(c3ccccc3)c3ccc4c(c3)C(C)(C)c3cc5c(cc3-4)C(C)(C)c3cccc(-c4ccccc4)c3-5)cc2)cc1. The summed E-state index contributed by atoms with van der Waals surface area (Å²) >= 11 is 0. The van der Waals surface area contributed by atoms with Crippen LogP contribution in [0.25, 0.3) is 50.1 Å². The first-order valence-electron chi connectivity index (χ1n) is 19.2. The third-order valence-electron chi connectivity index (χ3n) is 12.0. The predicted molar refractivity (Wildman–Crippen MR) is 235 cm³/mol. The Hall–Kier alpha value is -6.44. The highest BCUT2D eigenvalue weighted by molar-refractivity contribution is 5.96. The normalized spacial score (nSPS) is 14.4. The highest BCUT2D eigenvalue weighted by Crippen LogP contribution is 2.58. The third kappa shape index (κ3) is 5.53. The van der Waals surface area contributed by atoms with Crippen LogP contribution in [0.3, 0.4) is 0 Å². The van der Waals surface area contributed by atoms with Gasteiger partial charge < -0.3 is 4.90 Å². The van der Waals surface area contributed by atoms with Crippen molar-refractivity contribution in [3.05, 3.63) is 217 Å². The maximum atomic E-state index is 3.97. The van der Waals surface area contributed by atoms with Gasteiger partial charge in [0.1, 0.15) is 0 Å². The minimum Gasteiger partial charge on any atom is -0.310 e. The lowest BCUT2D eigenvalue weighted by Gasteiger charge is -2.28. The van der Waals surface area contributed by atoms with Gasteiger partial charge in [-0.2, -0.15) is 0 Å². The van der Waals surface area contributed by atoms with Crippen molar-refractivity contribution in [3.8, 4) is 44.5 Å². The van der Waals surface area contributed by atoms with Crippen molar-refractivity contribution in [1.29, 1.82) is 0 Å². The number of anilines is 3. The predicted octanol–water partition coefficient (Wildman–Crippen LogP) is 14.9. The summed E-state index contributed by atoms with van der Waals surface area (Å²) in [5.41, 5.74) is 21.2. The number of para-hydroxylation sites is 1. The molecule has 1 nitrogen and oxygen atoms in total. The van der Waals surface area contributed by atoms with Crippen molar-refractivity contribution in [3.63, 3.8) is 0 Å². The number of allylic oxidation sites excluding steroid dienone is 4. The Kier molecular flexibility index (Phi) is 8.21. The largest absolute Gasteiger partial charge is 0.310 e. The van der Waals surface area contributed by atoms with Crippen LogP contribution < -0.4 is 4.90 Å². The first kappa shape index (κ1) is 34.3. The van der Waals surface area contributed by atoms with Crippen LogP contribution in [0.15, 0.2) is 189 Å². The van der Waals surface area contributed by atoms with Crippen LogP contribution in [-0.4, -0.2) is 0 Å². The summed E-state index contributed by atoms with van der Waals surface area (Å²) in [7, 11) is 0. The minimum atomic E-state index is -0.186. The first-order valence-corrected chi connectivity index (χ1v) is 19.2. The van der Waals surface area contributed by atoms with Gasteiger partial charge in [-0.3, -0.25) is 0 Å². The number of rotatable bonds is 8. The van der Waals surface area contributed by atoms with Crippen LogP contribution in [0.1, 0.15) is 55.5 Å². The molecule has 7 aromatic carbocycles. The second kappa shape index (κ2) is 13.1. The van der Waals surface area contributed by atoms with E-state index < -0.39 is 0 Å². The van der Waals surface area contributed by atoms with Crippen LogP contribution in [0.2, 0.25) is 0 Å². The van der Waals surface area contributed by atoms with E-state index >= 15 is 0 Å². The lowest BCUT2D eigenvalue weighted by atomic mass is 9.79. The molecule has 2 aliphatic rings. The maximum absolute atomic E-state index is 3.97. The van der Waals surface area contributed by atoms with Gasteiger partial charge in [-0.25, -0.2) is 0 Å². The number of fused-ring (bicyclic) bond motifs is 6. The molecule has 0 aromatic heterocycles. The molecule has 1 heteroatoms. The van der Waals surface area contributed by atoms with Gasteiger partial charge >= 0.3 is 0 Å². The van der Waals surface area contributed by atoms with Gasteiger partial charge in [-0.15, -0.1) is 0 Å². The summed E-state index contributed by atoms with van der Waals surface area (Å²) < 4.78 is 0. The zero-order valence-electron chi connectivity index (χ0n) is 32.1. The number of benzene rings is 7. The molecule has 0 atom stereocenters. The topological polar surface area (TPSA) is 3.24 Å². The van der Waals surface area contributed by atoms with E-state index in [0.29, 0.717) is 0 Å². The molecule has 2 aliphatic carbocycles. The van der Waals surface area contributed by atoms with Crippen LogP contribution in [0, 0.1) is 0 Å². The summed E-state index contributed by atoms with van der Waals surface area (Å²) in [5.74, 6) is 0. The summed E-state index contributed by atoms with van der Waals surface area (Å²) in [4.78, 5) is 2.38. The Bertz CT molecular complexity index is 2640.